The Hall–Kier alpha value is -2.34. The number of hydrogen-bond donors (Lipinski definition) is 1. The summed E-state index contributed by atoms with van der Waals surface area (Å²) in [7, 11) is 0. The number of fused-ring (bicyclic) bond motifs is 2. The number of phenolic OH excluding ortho intramolecular Hbond substituents is 1. The molecule has 3 aliphatic rings. The summed E-state index contributed by atoms with van der Waals surface area (Å²) in [5, 5.41) is 11.0. The van der Waals surface area contributed by atoms with Gasteiger partial charge in [-0.3, -0.25) is 9.68 Å². The average Bonchev–Trinajstić information content (AvgIpc) is 2.76. The first-order valence-corrected chi connectivity index (χ1v) is 12.9. The normalized spacial score (nSPS) is 32.6. The molecule has 192 valence electrons. The topological polar surface area (TPSA) is 82.1 Å². The van der Waals surface area contributed by atoms with Gasteiger partial charge in [-0.2, -0.15) is 4.89 Å². The predicted octanol–water partition coefficient (Wildman–Crippen LogP) is 6.36. The van der Waals surface area contributed by atoms with Crippen LogP contribution in [0, 0.1) is 29.6 Å². The van der Waals surface area contributed by atoms with Gasteiger partial charge >= 0.3 is 11.9 Å². The fourth-order valence-electron chi connectivity index (χ4n) is 7.34. The summed E-state index contributed by atoms with van der Waals surface area (Å²) >= 11 is 0. The number of hydrogen-bond acceptors (Lipinski definition) is 6. The van der Waals surface area contributed by atoms with E-state index in [1.54, 1.807) is 6.07 Å². The molecule has 0 saturated heterocycles. The first kappa shape index (κ1) is 25.7. The second-order valence-corrected chi connectivity index (χ2v) is 12.0. The highest BCUT2D eigenvalue weighted by atomic mass is 17.2. The average molecular weight is 485 g/mol. The molecule has 6 heteroatoms. The molecule has 1 saturated carbocycles. The van der Waals surface area contributed by atoms with Gasteiger partial charge in [-0.05, 0) is 111 Å². The number of ether oxygens (including phenoxy) is 1. The van der Waals surface area contributed by atoms with E-state index in [2.05, 4.69) is 20.8 Å². The lowest BCUT2D eigenvalue weighted by atomic mass is 9.45. The van der Waals surface area contributed by atoms with Crippen LogP contribution in [0.25, 0.3) is 0 Å². The molecule has 1 aliphatic heterocycles. The van der Waals surface area contributed by atoms with E-state index in [-0.39, 0.29) is 28.5 Å². The van der Waals surface area contributed by atoms with Crippen LogP contribution in [0.5, 0.6) is 11.5 Å². The van der Waals surface area contributed by atoms with Crippen molar-refractivity contribution in [3.8, 4) is 11.5 Å². The predicted molar refractivity (Wildman–Crippen MR) is 133 cm³/mol. The molecular formula is C29H40O6. The van der Waals surface area contributed by atoms with Crippen molar-refractivity contribution in [1.82, 2.24) is 0 Å². The van der Waals surface area contributed by atoms with Crippen LogP contribution >= 0.6 is 0 Å². The van der Waals surface area contributed by atoms with Crippen molar-refractivity contribution in [3.05, 3.63) is 34.4 Å². The van der Waals surface area contributed by atoms with Crippen molar-refractivity contribution < 1.29 is 29.2 Å². The molecule has 0 radical (unpaired) electrons. The number of esters is 1. The summed E-state index contributed by atoms with van der Waals surface area (Å²) in [6.45, 7) is 14.3. The van der Waals surface area contributed by atoms with Crippen LogP contribution in [0.2, 0.25) is 0 Å². The number of benzene rings is 1. The van der Waals surface area contributed by atoms with E-state index < -0.39 is 5.60 Å². The van der Waals surface area contributed by atoms with Gasteiger partial charge in [0.1, 0.15) is 17.1 Å². The van der Waals surface area contributed by atoms with E-state index in [0.29, 0.717) is 42.4 Å². The quantitative estimate of drug-likeness (QED) is 0.232. The Labute approximate surface area is 209 Å². The van der Waals surface area contributed by atoms with E-state index in [1.165, 1.54) is 18.1 Å². The number of rotatable bonds is 3. The second-order valence-electron chi connectivity index (χ2n) is 12.0. The van der Waals surface area contributed by atoms with Crippen LogP contribution in [0.4, 0.5) is 0 Å². The van der Waals surface area contributed by atoms with Gasteiger partial charge in [0.15, 0.2) is 0 Å². The van der Waals surface area contributed by atoms with Crippen molar-refractivity contribution in [2.75, 3.05) is 0 Å². The van der Waals surface area contributed by atoms with E-state index in [0.717, 1.165) is 31.2 Å². The summed E-state index contributed by atoms with van der Waals surface area (Å²) < 4.78 is 5.38. The highest BCUT2D eigenvalue weighted by Crippen LogP contribution is 2.64. The third-order valence-corrected chi connectivity index (χ3v) is 9.36. The highest BCUT2D eigenvalue weighted by Gasteiger charge is 2.56. The number of aromatic hydroxyl groups is 1. The Morgan fingerprint density at radius 3 is 2.51 bits per heavy atom. The molecule has 6 nitrogen and oxygen atoms in total. The zero-order valence-corrected chi connectivity index (χ0v) is 22.2. The molecule has 4 atom stereocenters. The van der Waals surface area contributed by atoms with Gasteiger partial charge in [0.05, 0.1) is 6.42 Å². The maximum atomic E-state index is 12.2. The third-order valence-electron chi connectivity index (χ3n) is 9.36. The highest BCUT2D eigenvalue weighted by molar-refractivity contribution is 5.70. The van der Waals surface area contributed by atoms with Crippen LogP contribution in [-0.4, -0.2) is 22.6 Å². The first-order chi connectivity index (χ1) is 16.3. The van der Waals surface area contributed by atoms with Crippen LogP contribution in [0.3, 0.4) is 0 Å². The fraction of sp³-hybridized carbons (Fsp3) is 0.655. The summed E-state index contributed by atoms with van der Waals surface area (Å²) in [5.74, 6) is 0.892. The molecule has 0 spiro atoms. The van der Waals surface area contributed by atoms with Crippen molar-refractivity contribution in [2.45, 2.75) is 99.0 Å². The number of phenols is 1. The van der Waals surface area contributed by atoms with E-state index in [1.807, 2.05) is 26.8 Å². The number of carbonyl (C=O) groups is 2. The minimum Gasteiger partial charge on any atom is -0.507 e. The zero-order chi connectivity index (χ0) is 25.8. The Morgan fingerprint density at radius 2 is 1.83 bits per heavy atom. The van der Waals surface area contributed by atoms with Crippen LogP contribution < -0.4 is 4.74 Å². The summed E-state index contributed by atoms with van der Waals surface area (Å²) in [6, 6.07) is 3.54. The largest absolute Gasteiger partial charge is 0.507 e. The van der Waals surface area contributed by atoms with Gasteiger partial charge in [-0.1, -0.05) is 26.3 Å². The molecule has 1 fully saturated rings. The van der Waals surface area contributed by atoms with Gasteiger partial charge in [-0.15, -0.1) is 0 Å². The number of allylic oxidation sites excluding steroid dienone is 1. The summed E-state index contributed by atoms with van der Waals surface area (Å²) in [4.78, 5) is 34.5. The van der Waals surface area contributed by atoms with Crippen LogP contribution in [-0.2, 0) is 25.8 Å². The smallest absolute Gasteiger partial charge is 0.342 e. The molecular weight excluding hydrogens is 444 g/mol. The maximum absolute atomic E-state index is 12.2. The summed E-state index contributed by atoms with van der Waals surface area (Å²) in [6.07, 6.45) is 5.77. The molecule has 0 amide bonds. The summed E-state index contributed by atoms with van der Waals surface area (Å²) in [5.41, 5.74) is 3.37. The monoisotopic (exact) mass is 484 g/mol. The van der Waals surface area contributed by atoms with Crippen LogP contribution in [0.1, 0.15) is 91.2 Å². The lowest BCUT2D eigenvalue weighted by molar-refractivity contribution is -0.317. The third kappa shape index (κ3) is 4.50. The molecule has 1 aromatic rings. The molecule has 0 aromatic heterocycles. The van der Waals surface area contributed by atoms with Gasteiger partial charge < -0.3 is 9.84 Å². The van der Waals surface area contributed by atoms with Gasteiger partial charge in [0.25, 0.3) is 0 Å². The maximum Gasteiger partial charge on any atom is 0.342 e. The lowest BCUT2D eigenvalue weighted by Gasteiger charge is -2.60. The van der Waals surface area contributed by atoms with E-state index >= 15 is 0 Å². The van der Waals surface area contributed by atoms with E-state index in [4.69, 9.17) is 14.5 Å². The van der Waals surface area contributed by atoms with Crippen molar-refractivity contribution in [2.24, 2.45) is 22.7 Å². The van der Waals surface area contributed by atoms with Crippen LogP contribution in [0.15, 0.2) is 23.3 Å². The second kappa shape index (κ2) is 8.95. The van der Waals surface area contributed by atoms with Gasteiger partial charge in [0.2, 0.25) is 0 Å². The van der Waals surface area contributed by atoms with E-state index in [9.17, 15) is 14.7 Å². The SMILES string of the molecule is CC(=O)Oc1cc(C)c(O)c(CC2(C)[C@@H](C)CCC3(C)C4=C(CC[C@@H]32)C(C)(C)OOC(=O)CC4)c1. The number of aryl methyl sites for hydroxylation is 1. The minimum atomic E-state index is -0.646. The molecule has 2 unspecified atom stereocenters. The van der Waals surface area contributed by atoms with Gasteiger partial charge in [0, 0.05) is 6.92 Å². The first-order valence-electron chi connectivity index (χ1n) is 12.9. The molecule has 2 aliphatic carbocycles. The molecule has 0 bridgehead atoms. The fourth-order valence-corrected chi connectivity index (χ4v) is 7.34. The molecule has 1 heterocycles. The molecule has 1 aromatic carbocycles. The Balaban J connectivity index is 1.76. The Morgan fingerprint density at radius 1 is 1.11 bits per heavy atom. The number of carbonyl (C=O) groups excluding carboxylic acids is 2. The van der Waals surface area contributed by atoms with Crippen molar-refractivity contribution in [3.63, 3.8) is 0 Å². The standard InChI is InChI=1S/C29H40O6/c1-17-14-21(33-19(3)30)15-20(26(17)32)16-29(7)18(2)12-13-28(6)23-9-11-25(31)34-35-27(4,5)22(23)8-10-24(28)29/h14-15,18,24,32H,8-13,16H2,1-7H3/t18-,24-,28?,29?/m0/s1. The van der Waals surface area contributed by atoms with Crippen molar-refractivity contribution in [1.29, 1.82) is 0 Å². The minimum absolute atomic E-state index is 0.0642. The zero-order valence-electron chi connectivity index (χ0n) is 22.2. The van der Waals surface area contributed by atoms with Crippen molar-refractivity contribution >= 4 is 11.9 Å². The van der Waals surface area contributed by atoms with Gasteiger partial charge in [-0.25, -0.2) is 4.79 Å². The lowest BCUT2D eigenvalue weighted by Crippen LogP contribution is -2.53. The Kier molecular flexibility index (Phi) is 6.58. The molecule has 35 heavy (non-hydrogen) atoms. The molecule has 4 rings (SSSR count). The Bertz CT molecular complexity index is 1070. The molecule has 1 N–H and O–H groups in total.